The molecule has 3 aromatic rings. The number of fused-ring (bicyclic) bond motifs is 2. The van der Waals surface area contributed by atoms with Crippen LogP contribution in [-0.4, -0.2) is 46.2 Å². The van der Waals surface area contributed by atoms with Gasteiger partial charge >= 0.3 is 5.97 Å². The summed E-state index contributed by atoms with van der Waals surface area (Å²) in [6.07, 6.45) is 2.64. The molecule has 1 aliphatic carbocycles. The Labute approximate surface area is 205 Å². The van der Waals surface area contributed by atoms with Gasteiger partial charge in [0.25, 0.3) is 5.91 Å². The predicted octanol–water partition coefficient (Wildman–Crippen LogP) is 4.44. The van der Waals surface area contributed by atoms with Gasteiger partial charge in [-0.3, -0.25) is 14.4 Å². The fourth-order valence-corrected chi connectivity index (χ4v) is 4.18. The highest BCUT2D eigenvalue weighted by Crippen LogP contribution is 2.36. The number of hydrogen-bond acceptors (Lipinski definition) is 5. The summed E-state index contributed by atoms with van der Waals surface area (Å²) in [4.78, 5) is 45.3. The molecule has 0 spiro atoms. The maximum Gasteiger partial charge on any atom is 0.316 e. The van der Waals surface area contributed by atoms with E-state index in [4.69, 9.17) is 4.74 Å². The van der Waals surface area contributed by atoms with Crippen molar-refractivity contribution in [3.05, 3.63) is 70.1 Å². The van der Waals surface area contributed by atoms with Gasteiger partial charge in [0.05, 0.1) is 10.9 Å². The van der Waals surface area contributed by atoms with E-state index in [1.807, 2.05) is 48.9 Å². The first-order valence-electron chi connectivity index (χ1n) is 11.6. The van der Waals surface area contributed by atoms with Crippen molar-refractivity contribution in [2.45, 2.75) is 40.5 Å². The van der Waals surface area contributed by atoms with E-state index in [-0.39, 0.29) is 23.9 Å². The number of allylic oxidation sites excluding steroid dienone is 2. The molecule has 0 saturated carbocycles. The third-order valence-corrected chi connectivity index (χ3v) is 6.39. The first-order chi connectivity index (χ1) is 16.4. The van der Waals surface area contributed by atoms with Gasteiger partial charge in [-0.25, -0.2) is 4.98 Å². The van der Waals surface area contributed by atoms with E-state index in [0.29, 0.717) is 39.7 Å². The number of esters is 1. The zero-order valence-corrected chi connectivity index (χ0v) is 21.4. The highest BCUT2D eigenvalue weighted by Gasteiger charge is 2.30. The van der Waals surface area contributed by atoms with Crippen molar-refractivity contribution < 1.29 is 19.1 Å². The average molecular weight is 474 g/mol. The number of carbonyl (C=O) groups is 3. The minimum Gasteiger partial charge on any atom is -0.423 e. The van der Waals surface area contributed by atoms with Crippen LogP contribution in [0.25, 0.3) is 11.0 Å². The van der Waals surface area contributed by atoms with E-state index < -0.39 is 11.4 Å². The molecule has 4 rings (SSSR count). The fourth-order valence-electron chi connectivity index (χ4n) is 4.18. The normalized spacial score (nSPS) is 14.5. The van der Waals surface area contributed by atoms with Gasteiger partial charge in [0.15, 0.2) is 11.5 Å². The first-order valence-corrected chi connectivity index (χ1v) is 11.6. The van der Waals surface area contributed by atoms with Crippen molar-refractivity contribution in [1.29, 1.82) is 0 Å². The molecule has 0 bridgehead atoms. The van der Waals surface area contributed by atoms with Crippen molar-refractivity contribution in [1.82, 2.24) is 14.5 Å². The highest BCUT2D eigenvalue weighted by atomic mass is 16.5. The first kappa shape index (κ1) is 24.4. The second-order valence-electron chi connectivity index (χ2n) is 10.3. The van der Waals surface area contributed by atoms with Crippen molar-refractivity contribution in [3.8, 4) is 5.75 Å². The molecule has 2 aromatic carbocycles. The largest absolute Gasteiger partial charge is 0.423 e. The molecule has 7 nitrogen and oxygen atoms in total. The standard InChI is InChI=1S/C28H31N3O4/c1-16-29-23-22(31(16)7)15-21(26(33)30(5)6)20(25(23)35-27(34)28(2,3)4)13-12-18-14-17-10-8-9-11-19(17)24(18)32/h8-12,15H,13-14H2,1-7H3/b18-12+. The molecule has 35 heavy (non-hydrogen) atoms. The number of aryl methyl sites for hydroxylation is 2. The summed E-state index contributed by atoms with van der Waals surface area (Å²) >= 11 is 0. The summed E-state index contributed by atoms with van der Waals surface area (Å²) in [5, 5.41) is 0. The highest BCUT2D eigenvalue weighted by molar-refractivity contribution is 6.13. The number of ketones is 1. The lowest BCUT2D eigenvalue weighted by atomic mass is 9.96. The Morgan fingerprint density at radius 2 is 1.89 bits per heavy atom. The van der Waals surface area contributed by atoms with Crippen LogP contribution < -0.4 is 4.74 Å². The van der Waals surface area contributed by atoms with Gasteiger partial charge in [-0.2, -0.15) is 0 Å². The summed E-state index contributed by atoms with van der Waals surface area (Å²) < 4.78 is 7.84. The average Bonchev–Trinajstić information content (AvgIpc) is 3.27. The zero-order chi connectivity index (χ0) is 25.7. The summed E-state index contributed by atoms with van der Waals surface area (Å²) in [5.74, 6) is 0.358. The maximum atomic E-state index is 13.3. The lowest BCUT2D eigenvalue weighted by molar-refractivity contribution is -0.142. The van der Waals surface area contributed by atoms with E-state index in [1.165, 1.54) is 4.90 Å². The summed E-state index contributed by atoms with van der Waals surface area (Å²) in [6, 6.07) is 9.36. The molecule has 0 saturated heterocycles. The van der Waals surface area contributed by atoms with Gasteiger partial charge in [0, 0.05) is 49.8 Å². The molecular weight excluding hydrogens is 442 g/mol. The second kappa shape index (κ2) is 8.80. The lowest BCUT2D eigenvalue weighted by Crippen LogP contribution is -2.27. The van der Waals surface area contributed by atoms with E-state index in [9.17, 15) is 14.4 Å². The Balaban J connectivity index is 1.90. The van der Waals surface area contributed by atoms with Crippen molar-refractivity contribution in [2.24, 2.45) is 12.5 Å². The molecule has 1 aliphatic rings. The number of ether oxygens (including phenoxy) is 1. The van der Waals surface area contributed by atoms with Crippen molar-refractivity contribution in [2.75, 3.05) is 14.1 Å². The second-order valence-corrected chi connectivity index (χ2v) is 10.3. The molecule has 0 N–H and O–H groups in total. The van der Waals surface area contributed by atoms with Crippen LogP contribution in [0.1, 0.15) is 58.4 Å². The number of benzene rings is 2. The third-order valence-electron chi connectivity index (χ3n) is 6.39. The van der Waals surface area contributed by atoms with Crippen LogP contribution in [0.2, 0.25) is 0 Å². The summed E-state index contributed by atoms with van der Waals surface area (Å²) in [6.45, 7) is 7.20. The van der Waals surface area contributed by atoms with Crippen LogP contribution in [0.15, 0.2) is 42.0 Å². The van der Waals surface area contributed by atoms with Crippen LogP contribution in [0.3, 0.4) is 0 Å². The number of hydrogen-bond donors (Lipinski definition) is 0. The number of aromatic nitrogens is 2. The van der Waals surface area contributed by atoms with E-state index in [1.54, 1.807) is 40.9 Å². The molecule has 0 radical (unpaired) electrons. The lowest BCUT2D eigenvalue weighted by Gasteiger charge is -2.21. The van der Waals surface area contributed by atoms with Gasteiger partial charge in [-0.05, 0) is 45.7 Å². The quantitative estimate of drug-likeness (QED) is 0.318. The Morgan fingerprint density at radius 3 is 2.51 bits per heavy atom. The molecule has 0 atom stereocenters. The van der Waals surface area contributed by atoms with Crippen LogP contribution >= 0.6 is 0 Å². The molecule has 7 heteroatoms. The van der Waals surface area contributed by atoms with Gasteiger partial charge in [0.2, 0.25) is 0 Å². The summed E-state index contributed by atoms with van der Waals surface area (Å²) in [5.41, 5.74) is 3.79. The number of nitrogens with zero attached hydrogens (tertiary/aromatic N) is 3. The SMILES string of the molecule is Cc1nc2c(OC(=O)C(C)(C)C)c(C/C=C3\Cc4ccccc4C3=O)c(C(=O)N(C)C)cc2n1C. The Bertz CT molecular complexity index is 1400. The van der Waals surface area contributed by atoms with Gasteiger partial charge < -0.3 is 14.2 Å². The van der Waals surface area contributed by atoms with Crippen LogP contribution in [0.5, 0.6) is 5.75 Å². The molecular formula is C28H31N3O4. The van der Waals surface area contributed by atoms with E-state index >= 15 is 0 Å². The molecule has 0 aliphatic heterocycles. The maximum absolute atomic E-state index is 13.3. The Morgan fingerprint density at radius 1 is 1.20 bits per heavy atom. The van der Waals surface area contributed by atoms with Gasteiger partial charge in [-0.15, -0.1) is 0 Å². The van der Waals surface area contributed by atoms with Crippen LogP contribution in [0, 0.1) is 12.3 Å². The molecule has 0 unspecified atom stereocenters. The predicted molar refractivity (Wildman–Crippen MR) is 135 cm³/mol. The van der Waals surface area contributed by atoms with Gasteiger partial charge in [0.1, 0.15) is 11.3 Å². The molecule has 1 aromatic heterocycles. The van der Waals surface area contributed by atoms with Crippen LogP contribution in [-0.2, 0) is 24.7 Å². The number of amides is 1. The van der Waals surface area contributed by atoms with Crippen molar-refractivity contribution in [3.63, 3.8) is 0 Å². The van der Waals surface area contributed by atoms with E-state index in [2.05, 4.69) is 4.98 Å². The molecule has 0 fully saturated rings. The topological polar surface area (TPSA) is 81.5 Å². The smallest absolute Gasteiger partial charge is 0.316 e. The van der Waals surface area contributed by atoms with Crippen molar-refractivity contribution >= 4 is 28.7 Å². The minimum absolute atomic E-state index is 0.0101. The zero-order valence-electron chi connectivity index (χ0n) is 21.4. The van der Waals surface area contributed by atoms with Gasteiger partial charge in [-0.1, -0.05) is 30.3 Å². The minimum atomic E-state index is -0.753. The molecule has 1 amide bonds. The number of rotatable bonds is 4. The van der Waals surface area contributed by atoms with E-state index in [0.717, 1.165) is 11.4 Å². The Hall–Kier alpha value is -3.74. The number of imidazole rings is 1. The van der Waals surface area contributed by atoms with Crippen LogP contribution in [0.4, 0.5) is 0 Å². The molecule has 1 heterocycles. The Kier molecular flexibility index (Phi) is 6.13. The molecule has 182 valence electrons. The number of Topliss-reactive ketones (excluding diaryl/α,β-unsaturated/α-hetero) is 1. The monoisotopic (exact) mass is 473 g/mol. The third kappa shape index (κ3) is 4.38. The fraction of sp³-hybridized carbons (Fsp3) is 0.357. The number of carbonyl (C=O) groups excluding carboxylic acids is 3. The summed E-state index contributed by atoms with van der Waals surface area (Å²) in [7, 11) is 5.22.